The Hall–Kier alpha value is -2.20. The molecule has 0 heterocycles. The molecule has 0 aliphatic heterocycles. The van der Waals surface area contributed by atoms with Crippen molar-refractivity contribution in [1.29, 1.82) is 0 Å². The maximum Gasteiger partial charge on any atom is 0.338 e. The number of hydrogen-bond acceptors (Lipinski definition) is 8. The largest absolute Gasteiger partial charge is 0.484 e. The number of hydrogen-bond donors (Lipinski definition) is 2. The van der Waals surface area contributed by atoms with Crippen molar-refractivity contribution in [2.75, 3.05) is 53.2 Å². The average Bonchev–Trinajstić information content (AvgIpc) is 2.71. The Morgan fingerprint density at radius 3 is 2.46 bits per heavy atom. The van der Waals surface area contributed by atoms with Crippen LogP contribution in [0.1, 0.15) is 36.1 Å². The van der Waals surface area contributed by atoms with Crippen molar-refractivity contribution in [2.45, 2.75) is 20.1 Å². The molecule has 0 atom stereocenters. The molecular formula is C19H30N2O7. The van der Waals surface area contributed by atoms with E-state index in [1.165, 1.54) is 7.11 Å². The van der Waals surface area contributed by atoms with Gasteiger partial charge in [0.25, 0.3) is 5.91 Å². The third-order valence-electron chi connectivity index (χ3n) is 3.52. The molecule has 0 fully saturated rings. The third kappa shape index (κ3) is 8.22. The first-order chi connectivity index (χ1) is 13.6. The zero-order valence-electron chi connectivity index (χ0n) is 16.7. The molecule has 0 aromatic heterocycles. The molecule has 0 radical (unpaired) electrons. The smallest absolute Gasteiger partial charge is 0.338 e. The van der Waals surface area contributed by atoms with Crippen LogP contribution < -0.4 is 15.8 Å². The lowest BCUT2D eigenvalue weighted by atomic mass is 10.1. The van der Waals surface area contributed by atoms with Crippen LogP contribution >= 0.6 is 0 Å². The van der Waals surface area contributed by atoms with Gasteiger partial charge in [0, 0.05) is 31.9 Å². The second-order valence-electron chi connectivity index (χ2n) is 5.52. The fourth-order valence-corrected chi connectivity index (χ4v) is 2.30. The lowest BCUT2D eigenvalue weighted by Crippen LogP contribution is -2.32. The first-order valence-electron chi connectivity index (χ1n) is 9.20. The molecule has 1 rings (SSSR count). The molecule has 28 heavy (non-hydrogen) atoms. The maximum absolute atomic E-state index is 12.1. The average molecular weight is 398 g/mol. The highest BCUT2D eigenvalue weighted by atomic mass is 16.7. The fourth-order valence-electron chi connectivity index (χ4n) is 2.30. The van der Waals surface area contributed by atoms with Crippen molar-refractivity contribution < 1.29 is 33.3 Å². The van der Waals surface area contributed by atoms with Gasteiger partial charge in [-0.2, -0.15) is 0 Å². The Labute approximate surface area is 165 Å². The van der Waals surface area contributed by atoms with Gasteiger partial charge in [-0.25, -0.2) is 4.79 Å². The summed E-state index contributed by atoms with van der Waals surface area (Å²) < 4.78 is 26.7. The molecule has 9 heteroatoms. The van der Waals surface area contributed by atoms with Gasteiger partial charge >= 0.3 is 5.97 Å². The van der Waals surface area contributed by atoms with Crippen molar-refractivity contribution >= 4 is 11.9 Å². The quantitative estimate of drug-likeness (QED) is 0.271. The van der Waals surface area contributed by atoms with Crippen LogP contribution in [0.25, 0.3) is 0 Å². The van der Waals surface area contributed by atoms with Crippen molar-refractivity contribution in [2.24, 2.45) is 5.73 Å². The number of nitrogens with two attached hydrogens (primary N) is 1. The minimum atomic E-state index is -0.749. The maximum atomic E-state index is 12.1. The molecule has 0 saturated carbocycles. The van der Waals surface area contributed by atoms with Crippen LogP contribution in [0.5, 0.6) is 5.75 Å². The van der Waals surface area contributed by atoms with Gasteiger partial charge in [-0.1, -0.05) is 0 Å². The summed E-state index contributed by atoms with van der Waals surface area (Å²) in [5.41, 5.74) is 6.10. The SMILES string of the molecule is CCOC(OCC)c1cc(OCC(=O)NCCOCCN)ccc1C(=O)OC. The standard InChI is InChI=1S/C19H30N2O7/c1-4-26-19(27-5-2)16-12-14(6-7-15(16)18(23)24-3)28-13-17(22)21-9-11-25-10-8-20/h6-7,12,19H,4-5,8-11,13,20H2,1-3H3,(H,21,22). The number of ether oxygens (including phenoxy) is 5. The van der Waals surface area contributed by atoms with E-state index in [1.807, 2.05) is 13.8 Å². The van der Waals surface area contributed by atoms with E-state index < -0.39 is 12.3 Å². The van der Waals surface area contributed by atoms with Crippen LogP contribution in [-0.4, -0.2) is 65.1 Å². The predicted octanol–water partition coefficient (Wildman–Crippen LogP) is 1.02. The van der Waals surface area contributed by atoms with Crippen LogP contribution in [0.3, 0.4) is 0 Å². The van der Waals surface area contributed by atoms with E-state index in [0.717, 1.165) is 0 Å². The lowest BCUT2D eigenvalue weighted by Gasteiger charge is -2.20. The van der Waals surface area contributed by atoms with Crippen LogP contribution in [0.2, 0.25) is 0 Å². The van der Waals surface area contributed by atoms with E-state index >= 15 is 0 Å². The molecule has 1 aromatic carbocycles. The van der Waals surface area contributed by atoms with Gasteiger partial charge in [-0.3, -0.25) is 4.79 Å². The van der Waals surface area contributed by atoms with Gasteiger partial charge in [-0.05, 0) is 32.0 Å². The second kappa shape index (κ2) is 13.9. The molecule has 3 N–H and O–H groups in total. The van der Waals surface area contributed by atoms with Crippen LogP contribution in [0.15, 0.2) is 18.2 Å². The van der Waals surface area contributed by atoms with Crippen molar-refractivity contribution in [1.82, 2.24) is 5.32 Å². The highest BCUT2D eigenvalue weighted by Gasteiger charge is 2.22. The van der Waals surface area contributed by atoms with Gasteiger partial charge < -0.3 is 34.7 Å². The van der Waals surface area contributed by atoms with Crippen molar-refractivity contribution in [3.63, 3.8) is 0 Å². The molecule has 0 saturated heterocycles. The summed E-state index contributed by atoms with van der Waals surface area (Å²) in [6.07, 6.45) is -0.749. The zero-order valence-corrected chi connectivity index (χ0v) is 16.7. The van der Waals surface area contributed by atoms with Crippen LogP contribution in [0, 0.1) is 0 Å². The number of carbonyl (C=O) groups is 2. The van der Waals surface area contributed by atoms with E-state index in [9.17, 15) is 9.59 Å². The van der Waals surface area contributed by atoms with Gasteiger partial charge in [0.15, 0.2) is 12.9 Å². The third-order valence-corrected chi connectivity index (χ3v) is 3.52. The molecule has 0 aliphatic rings. The fraction of sp³-hybridized carbons (Fsp3) is 0.579. The van der Waals surface area contributed by atoms with E-state index in [4.69, 9.17) is 29.4 Å². The minimum absolute atomic E-state index is 0.179. The van der Waals surface area contributed by atoms with Gasteiger partial charge in [-0.15, -0.1) is 0 Å². The first-order valence-corrected chi connectivity index (χ1v) is 9.20. The Morgan fingerprint density at radius 2 is 1.86 bits per heavy atom. The molecule has 0 spiro atoms. The number of nitrogens with one attached hydrogen (secondary N) is 1. The predicted molar refractivity (Wildman–Crippen MR) is 102 cm³/mol. The van der Waals surface area contributed by atoms with E-state index in [0.29, 0.717) is 56.4 Å². The van der Waals surface area contributed by atoms with Gasteiger partial charge in [0.05, 0.1) is 25.9 Å². The van der Waals surface area contributed by atoms with Gasteiger partial charge in [0.1, 0.15) is 5.75 Å². The second-order valence-corrected chi connectivity index (χ2v) is 5.52. The number of esters is 1. The normalized spacial score (nSPS) is 10.8. The summed E-state index contributed by atoms with van der Waals surface area (Å²) >= 11 is 0. The first kappa shape index (κ1) is 23.8. The molecule has 158 valence electrons. The van der Waals surface area contributed by atoms with E-state index in [2.05, 4.69) is 5.32 Å². The molecular weight excluding hydrogens is 368 g/mol. The van der Waals surface area contributed by atoms with E-state index in [1.54, 1.807) is 18.2 Å². The van der Waals surface area contributed by atoms with E-state index in [-0.39, 0.29) is 12.5 Å². The Bertz CT molecular complexity index is 604. The number of benzene rings is 1. The Morgan fingerprint density at radius 1 is 1.14 bits per heavy atom. The molecule has 0 aliphatic carbocycles. The summed E-state index contributed by atoms with van der Waals surface area (Å²) in [5, 5.41) is 2.68. The minimum Gasteiger partial charge on any atom is -0.484 e. The lowest BCUT2D eigenvalue weighted by molar-refractivity contribution is -0.140. The number of rotatable bonds is 14. The molecule has 9 nitrogen and oxygen atoms in total. The van der Waals surface area contributed by atoms with Crippen molar-refractivity contribution in [3.05, 3.63) is 29.3 Å². The number of carbonyl (C=O) groups excluding carboxylic acids is 2. The highest BCUT2D eigenvalue weighted by Crippen LogP contribution is 2.28. The summed E-state index contributed by atoms with van der Waals surface area (Å²) in [7, 11) is 1.30. The molecule has 1 amide bonds. The number of methoxy groups -OCH3 is 1. The zero-order chi connectivity index (χ0) is 20.8. The molecule has 1 aromatic rings. The van der Waals surface area contributed by atoms with Crippen molar-refractivity contribution in [3.8, 4) is 5.75 Å². The Kier molecular flexibility index (Phi) is 11.8. The summed E-state index contributed by atoms with van der Waals surface area (Å²) in [4.78, 5) is 23.9. The monoisotopic (exact) mass is 398 g/mol. The summed E-state index contributed by atoms with van der Waals surface area (Å²) in [6, 6.07) is 4.75. The summed E-state index contributed by atoms with van der Waals surface area (Å²) in [5.74, 6) is -0.399. The molecule has 0 bridgehead atoms. The van der Waals surface area contributed by atoms with Gasteiger partial charge in [0.2, 0.25) is 0 Å². The van der Waals surface area contributed by atoms with Crippen LogP contribution in [-0.2, 0) is 23.7 Å². The Balaban J connectivity index is 2.77. The summed E-state index contributed by atoms with van der Waals surface area (Å²) in [6.45, 7) is 5.89. The van der Waals surface area contributed by atoms with Crippen LogP contribution in [0.4, 0.5) is 0 Å². The molecule has 0 unspecified atom stereocenters. The highest BCUT2D eigenvalue weighted by molar-refractivity contribution is 5.91. The number of amides is 1. The topological polar surface area (TPSA) is 118 Å².